The molecule has 0 fully saturated rings. The van der Waals surface area contributed by atoms with Gasteiger partial charge in [0.25, 0.3) is 0 Å². The molecular formula is C18H19ClFN. The van der Waals surface area contributed by atoms with E-state index in [2.05, 4.69) is 29.6 Å². The first kappa shape index (κ1) is 14.6. The van der Waals surface area contributed by atoms with Crippen LogP contribution in [0.15, 0.2) is 42.5 Å². The normalized spacial score (nSPS) is 18.5. The molecule has 0 amide bonds. The van der Waals surface area contributed by atoms with Crippen LogP contribution >= 0.6 is 11.6 Å². The third kappa shape index (κ3) is 2.83. The van der Waals surface area contributed by atoms with Crippen LogP contribution in [0.2, 0.25) is 5.02 Å². The monoisotopic (exact) mass is 303 g/mol. The summed E-state index contributed by atoms with van der Waals surface area (Å²) in [4.78, 5) is 0. The van der Waals surface area contributed by atoms with Gasteiger partial charge in [0.15, 0.2) is 0 Å². The van der Waals surface area contributed by atoms with Crippen LogP contribution < -0.4 is 5.32 Å². The van der Waals surface area contributed by atoms with E-state index in [4.69, 9.17) is 11.6 Å². The van der Waals surface area contributed by atoms with E-state index in [0.29, 0.717) is 17.9 Å². The molecule has 1 aliphatic rings. The maximum absolute atomic E-state index is 14.1. The summed E-state index contributed by atoms with van der Waals surface area (Å²) < 4.78 is 14.1. The van der Waals surface area contributed by atoms with Gasteiger partial charge in [-0.05, 0) is 49.1 Å². The third-order valence-corrected chi connectivity index (χ3v) is 4.80. The van der Waals surface area contributed by atoms with Gasteiger partial charge >= 0.3 is 0 Å². The largest absolute Gasteiger partial charge is 0.316 e. The lowest BCUT2D eigenvalue weighted by molar-refractivity contribution is 0.448. The summed E-state index contributed by atoms with van der Waals surface area (Å²) in [7, 11) is 1.95. The van der Waals surface area contributed by atoms with Gasteiger partial charge in [-0.15, -0.1) is 0 Å². The van der Waals surface area contributed by atoms with Gasteiger partial charge in [-0.2, -0.15) is 0 Å². The summed E-state index contributed by atoms with van der Waals surface area (Å²) in [5.74, 6) is 0.148. The van der Waals surface area contributed by atoms with Crippen molar-refractivity contribution in [1.29, 1.82) is 0 Å². The average Bonchev–Trinajstić information content (AvgIpc) is 2.93. The van der Waals surface area contributed by atoms with Crippen LogP contribution in [0, 0.1) is 5.82 Å². The predicted octanol–water partition coefficient (Wildman–Crippen LogP) is 4.34. The summed E-state index contributed by atoms with van der Waals surface area (Å²) in [6.07, 6.45) is 2.88. The molecule has 1 N–H and O–H groups in total. The summed E-state index contributed by atoms with van der Waals surface area (Å²) >= 11 is 5.89. The van der Waals surface area contributed by atoms with Crippen LogP contribution in [0.4, 0.5) is 4.39 Å². The van der Waals surface area contributed by atoms with E-state index in [-0.39, 0.29) is 16.9 Å². The highest BCUT2D eigenvalue weighted by Gasteiger charge is 2.29. The molecule has 1 nitrogen and oxygen atoms in total. The van der Waals surface area contributed by atoms with Gasteiger partial charge in [0, 0.05) is 12.0 Å². The van der Waals surface area contributed by atoms with Gasteiger partial charge in [0.05, 0.1) is 5.02 Å². The van der Waals surface area contributed by atoms with Crippen molar-refractivity contribution in [2.45, 2.75) is 31.2 Å². The number of aryl methyl sites for hydroxylation is 1. The molecule has 0 aromatic heterocycles. The molecule has 0 spiro atoms. The summed E-state index contributed by atoms with van der Waals surface area (Å²) in [6.45, 7) is 0. The predicted molar refractivity (Wildman–Crippen MR) is 85.5 cm³/mol. The van der Waals surface area contributed by atoms with Crippen LogP contribution in [0.1, 0.15) is 29.0 Å². The molecule has 0 saturated heterocycles. The van der Waals surface area contributed by atoms with E-state index in [1.54, 1.807) is 6.07 Å². The fourth-order valence-corrected chi connectivity index (χ4v) is 3.59. The fraction of sp³-hybridized carbons (Fsp3) is 0.333. The van der Waals surface area contributed by atoms with Crippen molar-refractivity contribution >= 4 is 11.6 Å². The standard InChI is InChI=1S/C18H19ClFN/c1-21-17(11-13-6-4-8-16(19)18(13)20)15-10-9-12-5-2-3-7-14(12)15/h2-8,15,17,21H,9-11H2,1H3. The number of nitrogens with one attached hydrogen (secondary N) is 1. The van der Waals surface area contributed by atoms with Crippen LogP contribution in [0.5, 0.6) is 0 Å². The second-order valence-electron chi connectivity index (χ2n) is 5.66. The highest BCUT2D eigenvalue weighted by Crippen LogP contribution is 2.36. The molecule has 0 bridgehead atoms. The first-order valence-corrected chi connectivity index (χ1v) is 7.76. The molecular weight excluding hydrogens is 285 g/mol. The molecule has 3 rings (SSSR count). The molecule has 3 heteroatoms. The Kier molecular flexibility index (Phi) is 4.27. The molecule has 2 aromatic rings. The third-order valence-electron chi connectivity index (χ3n) is 4.51. The van der Waals surface area contributed by atoms with E-state index in [0.717, 1.165) is 12.8 Å². The molecule has 21 heavy (non-hydrogen) atoms. The molecule has 2 unspecified atom stereocenters. The molecule has 0 radical (unpaired) electrons. The molecule has 0 heterocycles. The number of fused-ring (bicyclic) bond motifs is 1. The van der Waals surface area contributed by atoms with E-state index in [1.807, 2.05) is 19.2 Å². The van der Waals surface area contributed by atoms with E-state index in [9.17, 15) is 4.39 Å². The maximum atomic E-state index is 14.1. The van der Waals surface area contributed by atoms with E-state index >= 15 is 0 Å². The Balaban J connectivity index is 1.85. The van der Waals surface area contributed by atoms with Gasteiger partial charge in [-0.25, -0.2) is 4.39 Å². The molecule has 0 saturated carbocycles. The number of halogens is 2. The Bertz CT molecular complexity index is 641. The Morgan fingerprint density at radius 3 is 2.86 bits per heavy atom. The Morgan fingerprint density at radius 1 is 1.24 bits per heavy atom. The second-order valence-corrected chi connectivity index (χ2v) is 6.06. The van der Waals surface area contributed by atoms with Crippen molar-refractivity contribution in [3.8, 4) is 0 Å². The van der Waals surface area contributed by atoms with Crippen molar-refractivity contribution in [1.82, 2.24) is 5.32 Å². The molecule has 2 atom stereocenters. The molecule has 2 aromatic carbocycles. The van der Waals surface area contributed by atoms with Crippen LogP contribution in [-0.4, -0.2) is 13.1 Å². The van der Waals surface area contributed by atoms with Crippen molar-refractivity contribution in [3.63, 3.8) is 0 Å². The number of hydrogen-bond acceptors (Lipinski definition) is 1. The topological polar surface area (TPSA) is 12.0 Å². The van der Waals surface area contributed by atoms with Gasteiger partial charge in [0.2, 0.25) is 0 Å². The van der Waals surface area contributed by atoms with Gasteiger partial charge in [0.1, 0.15) is 5.82 Å². The zero-order chi connectivity index (χ0) is 14.8. The first-order chi connectivity index (χ1) is 10.2. The van der Waals surface area contributed by atoms with Gasteiger partial charge in [-0.1, -0.05) is 48.0 Å². The fourth-order valence-electron chi connectivity index (χ4n) is 3.40. The van der Waals surface area contributed by atoms with Crippen LogP contribution in [0.25, 0.3) is 0 Å². The summed E-state index contributed by atoms with van der Waals surface area (Å²) in [5.41, 5.74) is 3.51. The Hall–Kier alpha value is -1.38. The Labute approximate surface area is 130 Å². The van der Waals surface area contributed by atoms with Crippen molar-refractivity contribution in [2.24, 2.45) is 0 Å². The van der Waals surface area contributed by atoms with Crippen LogP contribution in [-0.2, 0) is 12.8 Å². The quantitative estimate of drug-likeness (QED) is 0.886. The molecule has 1 aliphatic carbocycles. The summed E-state index contributed by atoms with van der Waals surface area (Å²) in [6, 6.07) is 14.0. The summed E-state index contributed by atoms with van der Waals surface area (Å²) in [5, 5.41) is 3.57. The minimum Gasteiger partial charge on any atom is -0.316 e. The van der Waals surface area contributed by atoms with E-state index < -0.39 is 0 Å². The van der Waals surface area contributed by atoms with Crippen molar-refractivity contribution in [3.05, 3.63) is 70.0 Å². The van der Waals surface area contributed by atoms with Crippen molar-refractivity contribution in [2.75, 3.05) is 7.05 Å². The van der Waals surface area contributed by atoms with Gasteiger partial charge in [-0.3, -0.25) is 0 Å². The zero-order valence-electron chi connectivity index (χ0n) is 12.1. The minimum atomic E-state index is -0.286. The van der Waals surface area contributed by atoms with Crippen molar-refractivity contribution < 1.29 is 4.39 Å². The number of rotatable bonds is 4. The lowest BCUT2D eigenvalue weighted by atomic mass is 9.89. The minimum absolute atomic E-state index is 0.203. The Morgan fingerprint density at radius 2 is 2.05 bits per heavy atom. The molecule has 110 valence electrons. The average molecular weight is 304 g/mol. The zero-order valence-corrected chi connectivity index (χ0v) is 12.8. The maximum Gasteiger partial charge on any atom is 0.145 e. The molecule has 0 aliphatic heterocycles. The number of likely N-dealkylation sites (N-methyl/N-ethyl adjacent to an activating group) is 1. The lowest BCUT2D eigenvalue weighted by Crippen LogP contribution is -2.33. The van der Waals surface area contributed by atoms with E-state index in [1.165, 1.54) is 11.1 Å². The highest BCUT2D eigenvalue weighted by molar-refractivity contribution is 6.30. The van der Waals surface area contributed by atoms with Gasteiger partial charge < -0.3 is 5.32 Å². The number of hydrogen-bond donors (Lipinski definition) is 1. The second kappa shape index (κ2) is 6.17. The lowest BCUT2D eigenvalue weighted by Gasteiger charge is -2.24. The number of benzene rings is 2. The SMILES string of the molecule is CNC(Cc1cccc(Cl)c1F)C1CCc2ccccc21. The smallest absolute Gasteiger partial charge is 0.145 e. The first-order valence-electron chi connectivity index (χ1n) is 7.38. The highest BCUT2D eigenvalue weighted by atomic mass is 35.5. The van der Waals surface area contributed by atoms with Crippen LogP contribution in [0.3, 0.4) is 0 Å².